The molecule has 0 radical (unpaired) electrons. The predicted molar refractivity (Wildman–Crippen MR) is 106 cm³/mol. The molecule has 0 fully saturated rings. The number of ketones is 1. The molecule has 2 aromatic heterocycles. The van der Waals surface area contributed by atoms with Crippen LogP contribution >= 0.6 is 0 Å². The van der Waals surface area contributed by atoms with E-state index in [-0.39, 0.29) is 30.3 Å². The fourth-order valence-corrected chi connectivity index (χ4v) is 3.15. The van der Waals surface area contributed by atoms with Crippen LogP contribution in [0.15, 0.2) is 53.5 Å². The van der Waals surface area contributed by atoms with Gasteiger partial charge in [-0.05, 0) is 18.6 Å². The van der Waals surface area contributed by atoms with Gasteiger partial charge in [0.1, 0.15) is 12.6 Å². The number of nitrogens with one attached hydrogen (secondary N) is 2. The molecule has 0 bridgehead atoms. The van der Waals surface area contributed by atoms with E-state index in [2.05, 4.69) is 10.3 Å². The van der Waals surface area contributed by atoms with Crippen LogP contribution in [0, 0.1) is 0 Å². The van der Waals surface area contributed by atoms with Crippen molar-refractivity contribution in [3.05, 3.63) is 70.3 Å². The molecule has 1 unspecified atom stereocenters. The third-order valence-corrected chi connectivity index (χ3v) is 4.52. The highest BCUT2D eigenvalue weighted by Gasteiger charge is 2.16. The number of nitrogens with zero attached hydrogens (tertiary/aromatic N) is 1. The van der Waals surface area contributed by atoms with Crippen LogP contribution in [0.1, 0.15) is 41.9 Å². The maximum Gasteiger partial charge on any atom is 0.248 e. The van der Waals surface area contributed by atoms with Gasteiger partial charge < -0.3 is 20.0 Å². The molecule has 0 aliphatic heterocycles. The minimum absolute atomic E-state index is 0.0257. The molecule has 0 saturated heterocycles. The van der Waals surface area contributed by atoms with Gasteiger partial charge in [-0.1, -0.05) is 31.2 Å². The van der Waals surface area contributed by atoms with Crippen molar-refractivity contribution in [1.82, 2.24) is 14.9 Å². The van der Waals surface area contributed by atoms with Crippen LogP contribution in [-0.2, 0) is 11.3 Å². The fraction of sp³-hybridized carbons (Fsp3) is 0.286. The van der Waals surface area contributed by atoms with Crippen molar-refractivity contribution >= 4 is 22.6 Å². The number of aliphatic hydroxyl groups excluding tert-OH is 1. The van der Waals surface area contributed by atoms with Gasteiger partial charge in [-0.25, -0.2) is 0 Å². The molecule has 1 amide bonds. The second-order valence-electron chi connectivity index (χ2n) is 6.65. The Bertz CT molecular complexity index is 1050. The Hall–Kier alpha value is -3.19. The number of benzene rings is 1. The number of hydrogen-bond acceptors (Lipinski definition) is 4. The molecule has 7 nitrogen and oxygen atoms in total. The first-order chi connectivity index (χ1) is 13.5. The lowest BCUT2D eigenvalue weighted by atomic mass is 10.1. The average Bonchev–Trinajstić information content (AvgIpc) is 3.05. The maximum absolute atomic E-state index is 12.4. The number of pyridine rings is 1. The summed E-state index contributed by atoms with van der Waals surface area (Å²) in [7, 11) is 0. The van der Waals surface area contributed by atoms with Crippen LogP contribution in [0.3, 0.4) is 0 Å². The Balaban J connectivity index is 1.71. The number of hydrogen-bond donors (Lipinski definition) is 3. The standard InChI is InChI=1S/C21H23N3O4/c1-2-6-18(25)15-12-24(17-9-4-3-7-14(15)17)13-21(28)22-11-19(26)16-8-5-10-20(27)23-16/h3-5,7-10,12,19,26H,2,6,11,13H2,1H3,(H,22,28)(H,23,27). The molecule has 146 valence electrons. The Kier molecular flexibility index (Phi) is 6.06. The minimum Gasteiger partial charge on any atom is -0.385 e. The van der Waals surface area contributed by atoms with Crippen molar-refractivity contribution in [3.63, 3.8) is 0 Å². The van der Waals surface area contributed by atoms with Crippen LogP contribution in [0.5, 0.6) is 0 Å². The van der Waals surface area contributed by atoms with E-state index in [1.807, 2.05) is 31.2 Å². The van der Waals surface area contributed by atoms with Gasteiger partial charge in [-0.2, -0.15) is 0 Å². The van der Waals surface area contributed by atoms with Crippen molar-refractivity contribution in [3.8, 4) is 0 Å². The molecular formula is C21H23N3O4. The van der Waals surface area contributed by atoms with E-state index in [0.717, 1.165) is 17.3 Å². The molecule has 1 aromatic carbocycles. The molecule has 3 rings (SSSR count). The van der Waals surface area contributed by atoms with Crippen molar-refractivity contribution < 1.29 is 14.7 Å². The molecule has 28 heavy (non-hydrogen) atoms. The molecule has 2 heterocycles. The lowest BCUT2D eigenvalue weighted by Crippen LogP contribution is -2.31. The highest BCUT2D eigenvalue weighted by molar-refractivity contribution is 6.08. The smallest absolute Gasteiger partial charge is 0.248 e. The third kappa shape index (κ3) is 4.37. The summed E-state index contributed by atoms with van der Waals surface area (Å²) in [6.07, 6.45) is 1.92. The van der Waals surface area contributed by atoms with Gasteiger partial charge in [-0.15, -0.1) is 0 Å². The molecule has 7 heteroatoms. The van der Waals surface area contributed by atoms with Gasteiger partial charge in [0.25, 0.3) is 0 Å². The number of aromatic amines is 1. The quantitative estimate of drug-likeness (QED) is 0.520. The Morgan fingerprint density at radius 1 is 1.18 bits per heavy atom. The van der Waals surface area contributed by atoms with Crippen molar-refractivity contribution in [2.45, 2.75) is 32.4 Å². The summed E-state index contributed by atoms with van der Waals surface area (Å²) >= 11 is 0. The molecule has 0 aliphatic carbocycles. The van der Waals surface area contributed by atoms with Gasteiger partial charge in [0.15, 0.2) is 5.78 Å². The zero-order chi connectivity index (χ0) is 20.1. The van der Waals surface area contributed by atoms with E-state index < -0.39 is 6.10 Å². The van der Waals surface area contributed by atoms with E-state index in [0.29, 0.717) is 17.7 Å². The molecule has 1 atom stereocenters. The van der Waals surface area contributed by atoms with Gasteiger partial charge in [-0.3, -0.25) is 14.4 Å². The molecule has 0 spiro atoms. The number of H-pyrrole nitrogens is 1. The molecular weight excluding hydrogens is 358 g/mol. The van der Waals surface area contributed by atoms with E-state index in [1.54, 1.807) is 22.9 Å². The predicted octanol–water partition coefficient (Wildman–Crippen LogP) is 2.16. The van der Waals surface area contributed by atoms with Crippen molar-refractivity contribution in [2.75, 3.05) is 6.54 Å². The minimum atomic E-state index is -1.01. The molecule has 3 aromatic rings. The zero-order valence-electron chi connectivity index (χ0n) is 15.6. The summed E-state index contributed by atoms with van der Waals surface area (Å²) in [5.74, 6) is -0.242. The van der Waals surface area contributed by atoms with Gasteiger partial charge in [0.05, 0.1) is 0 Å². The summed E-state index contributed by atoms with van der Waals surface area (Å²) in [5, 5.41) is 13.6. The van der Waals surface area contributed by atoms with Crippen molar-refractivity contribution in [1.29, 1.82) is 0 Å². The number of aliphatic hydroxyl groups is 1. The second-order valence-corrected chi connectivity index (χ2v) is 6.65. The third-order valence-electron chi connectivity index (χ3n) is 4.52. The zero-order valence-corrected chi connectivity index (χ0v) is 15.6. The number of rotatable bonds is 8. The largest absolute Gasteiger partial charge is 0.385 e. The number of aromatic nitrogens is 2. The monoisotopic (exact) mass is 381 g/mol. The van der Waals surface area contributed by atoms with Crippen LogP contribution in [-0.4, -0.2) is 32.9 Å². The molecule has 3 N–H and O–H groups in total. The highest BCUT2D eigenvalue weighted by atomic mass is 16.3. The first-order valence-electron chi connectivity index (χ1n) is 9.24. The lowest BCUT2D eigenvalue weighted by Gasteiger charge is -2.12. The first-order valence-corrected chi connectivity index (χ1v) is 9.24. The van der Waals surface area contributed by atoms with Crippen LogP contribution in [0.2, 0.25) is 0 Å². The Morgan fingerprint density at radius 3 is 2.71 bits per heavy atom. The summed E-state index contributed by atoms with van der Waals surface area (Å²) in [4.78, 5) is 38.6. The Labute approximate surface area is 162 Å². The number of carbonyl (C=O) groups excluding carboxylic acids is 2. The van der Waals surface area contributed by atoms with E-state index >= 15 is 0 Å². The summed E-state index contributed by atoms with van der Waals surface area (Å²) in [5.41, 5.74) is 1.45. The van der Waals surface area contributed by atoms with Crippen LogP contribution in [0.25, 0.3) is 10.9 Å². The number of amides is 1. The topological polar surface area (TPSA) is 104 Å². The highest BCUT2D eigenvalue weighted by Crippen LogP contribution is 2.23. The number of Topliss-reactive ketones (excluding diaryl/α,β-unsaturated/α-hetero) is 1. The van der Waals surface area contributed by atoms with E-state index in [4.69, 9.17) is 0 Å². The number of fused-ring (bicyclic) bond motifs is 1. The first kappa shape index (κ1) is 19.6. The molecule has 0 aliphatic rings. The molecule has 0 saturated carbocycles. The Morgan fingerprint density at radius 2 is 1.96 bits per heavy atom. The van der Waals surface area contributed by atoms with Crippen molar-refractivity contribution in [2.24, 2.45) is 0 Å². The SMILES string of the molecule is CCCC(=O)c1cn(CC(=O)NCC(O)c2cccc(=O)[nH]2)c2ccccc12. The summed E-state index contributed by atoms with van der Waals surface area (Å²) < 4.78 is 1.74. The van der Waals surface area contributed by atoms with Crippen LogP contribution < -0.4 is 10.9 Å². The summed E-state index contributed by atoms with van der Waals surface area (Å²) in [6.45, 7) is 1.95. The average molecular weight is 381 g/mol. The van der Waals surface area contributed by atoms with Gasteiger partial charge in [0, 0.05) is 47.4 Å². The van der Waals surface area contributed by atoms with Crippen LogP contribution in [0.4, 0.5) is 0 Å². The summed E-state index contributed by atoms with van der Waals surface area (Å²) in [6, 6.07) is 12.0. The lowest BCUT2D eigenvalue weighted by molar-refractivity contribution is -0.122. The fourth-order valence-electron chi connectivity index (χ4n) is 3.15. The number of para-hydroxylation sites is 1. The van der Waals surface area contributed by atoms with E-state index in [1.165, 1.54) is 6.07 Å². The van der Waals surface area contributed by atoms with Gasteiger partial charge >= 0.3 is 0 Å². The van der Waals surface area contributed by atoms with Gasteiger partial charge in [0.2, 0.25) is 11.5 Å². The number of carbonyl (C=O) groups is 2. The van der Waals surface area contributed by atoms with E-state index in [9.17, 15) is 19.5 Å². The second kappa shape index (κ2) is 8.67. The maximum atomic E-state index is 12.4. The normalized spacial score (nSPS) is 12.1.